The fourth-order valence-electron chi connectivity index (χ4n) is 3.97. The van der Waals surface area contributed by atoms with Crippen molar-refractivity contribution < 1.29 is 9.90 Å². The molecule has 5 unspecified atom stereocenters. The van der Waals surface area contributed by atoms with E-state index >= 15 is 0 Å². The standard InChI is InChI=1S/C15H28N2O2/c1-10-5-6-12(15(18)19)13(7-10)17-8-11(2)14(9-17)16(3)4/h10-14H,5-9H2,1-4H3,(H,18,19). The molecule has 4 heteroatoms. The molecule has 19 heavy (non-hydrogen) atoms. The number of likely N-dealkylation sites (N-methyl/N-ethyl adjacent to an activating group) is 1. The first-order chi connectivity index (χ1) is 8.90. The van der Waals surface area contributed by atoms with Gasteiger partial charge in [0.05, 0.1) is 5.92 Å². The van der Waals surface area contributed by atoms with Gasteiger partial charge in [-0.05, 0) is 45.2 Å². The number of carbonyl (C=O) groups is 1. The third-order valence-corrected chi connectivity index (χ3v) is 5.13. The molecule has 0 spiro atoms. The summed E-state index contributed by atoms with van der Waals surface area (Å²) in [6.45, 7) is 6.61. The lowest BCUT2D eigenvalue weighted by atomic mass is 9.78. The third-order valence-electron chi connectivity index (χ3n) is 5.13. The Hall–Kier alpha value is -0.610. The number of rotatable bonds is 3. The second kappa shape index (κ2) is 5.80. The molecule has 2 fully saturated rings. The summed E-state index contributed by atoms with van der Waals surface area (Å²) >= 11 is 0. The van der Waals surface area contributed by atoms with Crippen molar-refractivity contribution in [1.29, 1.82) is 0 Å². The van der Waals surface area contributed by atoms with E-state index in [1.54, 1.807) is 0 Å². The summed E-state index contributed by atoms with van der Waals surface area (Å²) < 4.78 is 0. The molecule has 2 aliphatic rings. The van der Waals surface area contributed by atoms with Crippen LogP contribution in [-0.4, -0.2) is 60.1 Å². The quantitative estimate of drug-likeness (QED) is 0.847. The molecule has 110 valence electrons. The van der Waals surface area contributed by atoms with Crippen LogP contribution in [-0.2, 0) is 4.79 Å². The Balaban J connectivity index is 2.08. The van der Waals surface area contributed by atoms with Crippen LogP contribution >= 0.6 is 0 Å². The summed E-state index contributed by atoms with van der Waals surface area (Å²) in [5.74, 6) is 0.526. The molecule has 0 aromatic heterocycles. The minimum atomic E-state index is -0.599. The van der Waals surface area contributed by atoms with Gasteiger partial charge in [-0.15, -0.1) is 0 Å². The first-order valence-electron chi connectivity index (χ1n) is 7.53. The number of hydrogen-bond acceptors (Lipinski definition) is 3. The zero-order valence-electron chi connectivity index (χ0n) is 12.7. The summed E-state index contributed by atoms with van der Waals surface area (Å²) in [6.07, 6.45) is 2.95. The molecule has 1 saturated carbocycles. The summed E-state index contributed by atoms with van der Waals surface area (Å²) in [7, 11) is 4.26. The smallest absolute Gasteiger partial charge is 0.308 e. The van der Waals surface area contributed by atoms with Crippen LogP contribution in [0, 0.1) is 17.8 Å². The van der Waals surface area contributed by atoms with Crippen molar-refractivity contribution >= 4 is 5.97 Å². The largest absolute Gasteiger partial charge is 0.481 e. The van der Waals surface area contributed by atoms with Crippen molar-refractivity contribution in [2.24, 2.45) is 17.8 Å². The van der Waals surface area contributed by atoms with E-state index in [0.717, 1.165) is 32.4 Å². The molecule has 1 aliphatic heterocycles. The van der Waals surface area contributed by atoms with Crippen molar-refractivity contribution in [1.82, 2.24) is 9.80 Å². The van der Waals surface area contributed by atoms with Crippen LogP contribution in [0.3, 0.4) is 0 Å². The minimum absolute atomic E-state index is 0.163. The van der Waals surface area contributed by atoms with Crippen LogP contribution in [0.25, 0.3) is 0 Å². The van der Waals surface area contributed by atoms with Gasteiger partial charge >= 0.3 is 5.97 Å². The van der Waals surface area contributed by atoms with Gasteiger partial charge in [-0.2, -0.15) is 0 Å². The number of likely N-dealkylation sites (tertiary alicyclic amines) is 1. The Bertz CT molecular complexity index is 332. The topological polar surface area (TPSA) is 43.8 Å². The summed E-state index contributed by atoms with van der Waals surface area (Å²) in [4.78, 5) is 16.2. The lowest BCUT2D eigenvalue weighted by molar-refractivity contribution is -0.146. The number of carboxylic acids is 1. The molecule has 0 bridgehead atoms. The van der Waals surface area contributed by atoms with Crippen LogP contribution in [0.15, 0.2) is 0 Å². The van der Waals surface area contributed by atoms with Crippen LogP contribution in [0.1, 0.15) is 33.1 Å². The second-order valence-corrected chi connectivity index (χ2v) is 6.89. The molecule has 5 atom stereocenters. The SMILES string of the molecule is CC1CCC(C(=O)O)C(N2CC(C)C(N(C)C)C2)C1. The van der Waals surface area contributed by atoms with Crippen LogP contribution in [0.4, 0.5) is 0 Å². The second-order valence-electron chi connectivity index (χ2n) is 6.89. The molecule has 4 nitrogen and oxygen atoms in total. The molecule has 1 saturated heterocycles. The van der Waals surface area contributed by atoms with Gasteiger partial charge in [-0.25, -0.2) is 0 Å². The van der Waals surface area contributed by atoms with Gasteiger partial charge in [0.25, 0.3) is 0 Å². The van der Waals surface area contributed by atoms with E-state index < -0.39 is 5.97 Å². The van der Waals surface area contributed by atoms with Gasteiger partial charge in [0, 0.05) is 25.2 Å². The summed E-state index contributed by atoms with van der Waals surface area (Å²) in [5, 5.41) is 9.46. The molecule has 1 N–H and O–H groups in total. The zero-order valence-corrected chi connectivity index (χ0v) is 12.7. The maximum Gasteiger partial charge on any atom is 0.308 e. The highest BCUT2D eigenvalue weighted by atomic mass is 16.4. The van der Waals surface area contributed by atoms with Crippen LogP contribution in [0.5, 0.6) is 0 Å². The number of carboxylic acid groups (broad SMARTS) is 1. The molecular formula is C15H28N2O2. The monoisotopic (exact) mass is 268 g/mol. The highest BCUT2D eigenvalue weighted by Gasteiger charge is 2.42. The van der Waals surface area contributed by atoms with Crippen LogP contribution in [0.2, 0.25) is 0 Å². The van der Waals surface area contributed by atoms with Gasteiger partial charge in [0.15, 0.2) is 0 Å². The van der Waals surface area contributed by atoms with Gasteiger partial charge in [0.1, 0.15) is 0 Å². The first kappa shape index (κ1) is 14.8. The van der Waals surface area contributed by atoms with E-state index in [-0.39, 0.29) is 12.0 Å². The van der Waals surface area contributed by atoms with Crippen LogP contribution < -0.4 is 0 Å². The van der Waals surface area contributed by atoms with Gasteiger partial charge < -0.3 is 10.0 Å². The van der Waals surface area contributed by atoms with Crippen molar-refractivity contribution in [2.75, 3.05) is 27.2 Å². The van der Waals surface area contributed by atoms with E-state index in [9.17, 15) is 9.90 Å². The highest BCUT2D eigenvalue weighted by molar-refractivity contribution is 5.71. The van der Waals surface area contributed by atoms with E-state index in [1.165, 1.54) is 0 Å². The molecule has 0 amide bonds. The molecule has 1 aliphatic carbocycles. The average molecular weight is 268 g/mol. The number of hydrogen-bond donors (Lipinski definition) is 1. The summed E-state index contributed by atoms with van der Waals surface area (Å²) in [6, 6.07) is 0.806. The fourth-order valence-corrected chi connectivity index (χ4v) is 3.97. The van der Waals surface area contributed by atoms with Gasteiger partial charge in [-0.1, -0.05) is 13.8 Å². The zero-order chi connectivity index (χ0) is 14.2. The molecular weight excluding hydrogens is 240 g/mol. The van der Waals surface area contributed by atoms with Crippen molar-refractivity contribution in [3.05, 3.63) is 0 Å². The normalized spacial score (nSPS) is 40.8. The van der Waals surface area contributed by atoms with E-state index in [0.29, 0.717) is 17.9 Å². The lowest BCUT2D eigenvalue weighted by Crippen LogP contribution is -2.47. The highest BCUT2D eigenvalue weighted by Crippen LogP contribution is 2.35. The predicted molar refractivity (Wildman–Crippen MR) is 76.1 cm³/mol. The van der Waals surface area contributed by atoms with Crippen molar-refractivity contribution in [2.45, 2.75) is 45.2 Å². The lowest BCUT2D eigenvalue weighted by Gasteiger charge is -2.38. The Labute approximate surface area is 116 Å². The molecule has 2 rings (SSSR count). The Morgan fingerprint density at radius 2 is 1.89 bits per heavy atom. The van der Waals surface area contributed by atoms with E-state index in [2.05, 4.69) is 37.7 Å². The maximum atomic E-state index is 11.5. The van der Waals surface area contributed by atoms with E-state index in [1.807, 2.05) is 0 Å². The minimum Gasteiger partial charge on any atom is -0.481 e. The van der Waals surface area contributed by atoms with Gasteiger partial charge in [-0.3, -0.25) is 9.69 Å². The Morgan fingerprint density at radius 3 is 2.42 bits per heavy atom. The average Bonchev–Trinajstić information content (AvgIpc) is 2.70. The maximum absolute atomic E-state index is 11.5. The predicted octanol–water partition coefficient (Wildman–Crippen LogP) is 1.76. The molecule has 0 aromatic rings. The molecule has 1 heterocycles. The molecule has 0 aromatic carbocycles. The first-order valence-corrected chi connectivity index (χ1v) is 7.53. The van der Waals surface area contributed by atoms with Crippen molar-refractivity contribution in [3.8, 4) is 0 Å². The van der Waals surface area contributed by atoms with E-state index in [4.69, 9.17) is 0 Å². The Morgan fingerprint density at radius 1 is 1.21 bits per heavy atom. The number of nitrogens with zero attached hydrogens (tertiary/aromatic N) is 2. The van der Waals surface area contributed by atoms with Gasteiger partial charge in [0.2, 0.25) is 0 Å². The Kier molecular flexibility index (Phi) is 4.51. The third kappa shape index (κ3) is 3.11. The summed E-state index contributed by atoms with van der Waals surface area (Å²) in [5.41, 5.74) is 0. The molecule has 0 radical (unpaired) electrons. The fraction of sp³-hybridized carbons (Fsp3) is 0.933. The number of aliphatic carboxylic acids is 1. The van der Waals surface area contributed by atoms with Crippen molar-refractivity contribution in [3.63, 3.8) is 0 Å².